The zero-order chi connectivity index (χ0) is 9.97. The van der Waals surface area contributed by atoms with Gasteiger partial charge in [-0.05, 0) is 30.5 Å². The Kier molecular flexibility index (Phi) is 2.39. The molecule has 74 valence electrons. The van der Waals surface area contributed by atoms with E-state index in [9.17, 15) is 4.79 Å². The van der Waals surface area contributed by atoms with E-state index in [0.717, 1.165) is 24.2 Å². The second kappa shape index (κ2) is 3.70. The van der Waals surface area contributed by atoms with Gasteiger partial charge in [0.1, 0.15) is 5.75 Å². The van der Waals surface area contributed by atoms with Crippen molar-refractivity contribution in [1.82, 2.24) is 0 Å². The number of benzene rings is 1. The molecule has 14 heavy (non-hydrogen) atoms. The summed E-state index contributed by atoms with van der Waals surface area (Å²) in [7, 11) is 0. The summed E-state index contributed by atoms with van der Waals surface area (Å²) in [6.07, 6.45) is 2.64. The Bertz CT molecular complexity index is 342. The van der Waals surface area contributed by atoms with Crippen LogP contribution in [-0.4, -0.2) is 17.2 Å². The number of ether oxygens (including phenoxy) is 1. The van der Waals surface area contributed by atoms with Gasteiger partial charge in [0.05, 0.1) is 12.5 Å². The van der Waals surface area contributed by atoms with Crippen LogP contribution in [0.15, 0.2) is 24.3 Å². The molecule has 0 spiro atoms. The minimum atomic E-state index is -0.812. The third-order valence-corrected chi connectivity index (χ3v) is 2.08. The molecule has 1 aliphatic rings. The molecule has 0 aromatic heterocycles. The number of hydrogen-bond donors (Lipinski definition) is 1. The highest BCUT2D eigenvalue weighted by atomic mass is 16.5. The van der Waals surface area contributed by atoms with Crippen LogP contribution in [0.3, 0.4) is 0 Å². The molecule has 1 aromatic rings. The van der Waals surface area contributed by atoms with E-state index in [4.69, 9.17) is 9.84 Å². The summed E-state index contributed by atoms with van der Waals surface area (Å²) in [5.41, 5.74) is 0.788. The van der Waals surface area contributed by atoms with Crippen molar-refractivity contribution in [2.24, 2.45) is 0 Å². The van der Waals surface area contributed by atoms with E-state index < -0.39 is 5.97 Å². The maximum atomic E-state index is 10.5. The first kappa shape index (κ1) is 9.06. The molecule has 0 heterocycles. The number of aliphatic carboxylic acids is 1. The third kappa shape index (κ3) is 2.49. The van der Waals surface area contributed by atoms with E-state index in [2.05, 4.69) is 0 Å². The van der Waals surface area contributed by atoms with Gasteiger partial charge >= 0.3 is 5.97 Å². The topological polar surface area (TPSA) is 46.5 Å². The number of carboxylic acid groups (broad SMARTS) is 1. The van der Waals surface area contributed by atoms with Crippen LogP contribution in [0.25, 0.3) is 0 Å². The first-order valence-electron chi connectivity index (χ1n) is 4.71. The minimum absolute atomic E-state index is 0.0574. The van der Waals surface area contributed by atoms with Crippen LogP contribution in [0, 0.1) is 0 Å². The van der Waals surface area contributed by atoms with Crippen molar-refractivity contribution in [3.8, 4) is 5.75 Å². The van der Waals surface area contributed by atoms with Gasteiger partial charge in [-0.1, -0.05) is 12.1 Å². The van der Waals surface area contributed by atoms with Gasteiger partial charge in [0.25, 0.3) is 0 Å². The molecule has 0 bridgehead atoms. The highest BCUT2D eigenvalue weighted by Crippen LogP contribution is 2.27. The Morgan fingerprint density at radius 2 is 2.29 bits per heavy atom. The molecule has 0 radical (unpaired) electrons. The summed E-state index contributed by atoms with van der Waals surface area (Å²) < 4.78 is 5.55. The first-order valence-corrected chi connectivity index (χ1v) is 4.71. The zero-order valence-electron chi connectivity index (χ0n) is 7.77. The van der Waals surface area contributed by atoms with Crippen LogP contribution in [0.5, 0.6) is 5.75 Å². The van der Waals surface area contributed by atoms with Crippen LogP contribution in [0.4, 0.5) is 0 Å². The van der Waals surface area contributed by atoms with Crippen molar-refractivity contribution in [3.63, 3.8) is 0 Å². The van der Waals surface area contributed by atoms with E-state index in [-0.39, 0.29) is 6.42 Å². The minimum Gasteiger partial charge on any atom is -0.490 e. The van der Waals surface area contributed by atoms with Gasteiger partial charge in [0.2, 0.25) is 0 Å². The van der Waals surface area contributed by atoms with Crippen LogP contribution in [-0.2, 0) is 11.2 Å². The summed E-state index contributed by atoms with van der Waals surface area (Å²) in [5.74, 6) is -0.0279. The van der Waals surface area contributed by atoms with Crippen LogP contribution < -0.4 is 4.74 Å². The molecule has 0 unspecified atom stereocenters. The van der Waals surface area contributed by atoms with Crippen molar-refractivity contribution in [3.05, 3.63) is 29.8 Å². The monoisotopic (exact) mass is 192 g/mol. The van der Waals surface area contributed by atoms with Gasteiger partial charge in [0, 0.05) is 0 Å². The zero-order valence-corrected chi connectivity index (χ0v) is 7.77. The highest BCUT2D eigenvalue weighted by Gasteiger charge is 2.23. The lowest BCUT2D eigenvalue weighted by Crippen LogP contribution is -2.01. The number of carboxylic acids is 1. The fourth-order valence-corrected chi connectivity index (χ4v) is 1.28. The van der Waals surface area contributed by atoms with Crippen molar-refractivity contribution in [2.75, 3.05) is 0 Å². The summed E-state index contributed by atoms with van der Waals surface area (Å²) in [6.45, 7) is 0. The molecular formula is C11H12O3. The lowest BCUT2D eigenvalue weighted by Gasteiger charge is -2.05. The Labute approximate surface area is 82.3 Å². The maximum Gasteiger partial charge on any atom is 0.307 e. The summed E-state index contributed by atoms with van der Waals surface area (Å²) in [5, 5.41) is 8.61. The molecule has 0 amide bonds. The molecular weight excluding hydrogens is 180 g/mol. The summed E-state index contributed by atoms with van der Waals surface area (Å²) in [4.78, 5) is 10.5. The van der Waals surface area contributed by atoms with Crippen LogP contribution >= 0.6 is 0 Å². The van der Waals surface area contributed by atoms with E-state index in [1.807, 2.05) is 12.1 Å². The molecule has 3 nitrogen and oxygen atoms in total. The Morgan fingerprint density at radius 3 is 2.93 bits per heavy atom. The molecule has 1 saturated carbocycles. The van der Waals surface area contributed by atoms with E-state index in [1.165, 1.54) is 0 Å². The molecule has 0 atom stereocenters. The highest BCUT2D eigenvalue weighted by molar-refractivity contribution is 5.70. The van der Waals surface area contributed by atoms with Gasteiger partial charge in [-0.2, -0.15) is 0 Å². The Hall–Kier alpha value is -1.51. The molecule has 1 N–H and O–H groups in total. The average molecular weight is 192 g/mol. The van der Waals surface area contributed by atoms with Gasteiger partial charge in [-0.25, -0.2) is 0 Å². The molecule has 0 saturated heterocycles. The van der Waals surface area contributed by atoms with Gasteiger partial charge in [-0.15, -0.1) is 0 Å². The molecule has 0 aliphatic heterocycles. The van der Waals surface area contributed by atoms with Gasteiger partial charge < -0.3 is 9.84 Å². The van der Waals surface area contributed by atoms with E-state index in [1.54, 1.807) is 12.1 Å². The van der Waals surface area contributed by atoms with Crippen LogP contribution in [0.1, 0.15) is 18.4 Å². The smallest absolute Gasteiger partial charge is 0.307 e. The maximum absolute atomic E-state index is 10.5. The van der Waals surface area contributed by atoms with Crippen molar-refractivity contribution < 1.29 is 14.6 Å². The molecule has 2 rings (SSSR count). The molecule has 3 heteroatoms. The van der Waals surface area contributed by atoms with Crippen molar-refractivity contribution in [2.45, 2.75) is 25.4 Å². The quantitative estimate of drug-likeness (QED) is 0.791. The second-order valence-electron chi connectivity index (χ2n) is 3.54. The van der Waals surface area contributed by atoms with Crippen molar-refractivity contribution in [1.29, 1.82) is 0 Å². The predicted octanol–water partition coefficient (Wildman–Crippen LogP) is 1.85. The van der Waals surface area contributed by atoms with Gasteiger partial charge in [-0.3, -0.25) is 4.79 Å². The normalized spacial score (nSPS) is 15.1. The lowest BCUT2D eigenvalue weighted by molar-refractivity contribution is -0.136. The lowest BCUT2D eigenvalue weighted by atomic mass is 10.1. The number of hydrogen-bond acceptors (Lipinski definition) is 2. The Balaban J connectivity index is 2.05. The molecule has 1 aliphatic carbocycles. The van der Waals surface area contributed by atoms with Crippen LogP contribution in [0.2, 0.25) is 0 Å². The van der Waals surface area contributed by atoms with E-state index >= 15 is 0 Å². The number of carbonyl (C=O) groups is 1. The predicted molar refractivity (Wildman–Crippen MR) is 51.4 cm³/mol. The SMILES string of the molecule is O=C(O)Cc1cccc(OC2CC2)c1. The second-order valence-corrected chi connectivity index (χ2v) is 3.54. The summed E-state index contributed by atoms with van der Waals surface area (Å²) >= 11 is 0. The van der Waals surface area contributed by atoms with Crippen molar-refractivity contribution >= 4 is 5.97 Å². The number of rotatable bonds is 4. The van der Waals surface area contributed by atoms with Gasteiger partial charge in [0.15, 0.2) is 0 Å². The first-order chi connectivity index (χ1) is 6.74. The van der Waals surface area contributed by atoms with E-state index in [0.29, 0.717) is 6.10 Å². The average Bonchev–Trinajstić information content (AvgIpc) is 2.87. The third-order valence-electron chi connectivity index (χ3n) is 2.08. The fraction of sp³-hybridized carbons (Fsp3) is 0.364. The standard InChI is InChI=1S/C11H12O3/c12-11(13)7-8-2-1-3-10(6-8)14-9-4-5-9/h1-3,6,9H,4-5,7H2,(H,12,13). The largest absolute Gasteiger partial charge is 0.490 e. The molecule has 1 fully saturated rings. The summed E-state index contributed by atoms with van der Waals surface area (Å²) in [6, 6.07) is 7.29. The molecule has 1 aromatic carbocycles. The fourth-order valence-electron chi connectivity index (χ4n) is 1.28. The Morgan fingerprint density at radius 1 is 1.50 bits per heavy atom.